The molecule has 27 heavy (non-hydrogen) atoms. The number of hydrogen-bond donors (Lipinski definition) is 1. The predicted octanol–water partition coefficient (Wildman–Crippen LogP) is 3.35. The summed E-state index contributed by atoms with van der Waals surface area (Å²) in [5.74, 6) is -0.520. The summed E-state index contributed by atoms with van der Waals surface area (Å²) >= 11 is 0. The molecule has 140 valence electrons. The molecule has 3 rings (SSSR count). The number of nitrogens with one attached hydrogen (secondary N) is 1. The summed E-state index contributed by atoms with van der Waals surface area (Å²) in [7, 11) is 1.88. The van der Waals surface area contributed by atoms with Gasteiger partial charge in [0.2, 0.25) is 5.91 Å². The molecule has 7 heteroatoms. The van der Waals surface area contributed by atoms with E-state index >= 15 is 0 Å². The van der Waals surface area contributed by atoms with Gasteiger partial charge in [-0.15, -0.1) is 0 Å². The van der Waals surface area contributed by atoms with E-state index in [-0.39, 0.29) is 24.3 Å². The molecule has 1 heterocycles. The summed E-state index contributed by atoms with van der Waals surface area (Å²) < 4.78 is 15.3. The molecule has 0 radical (unpaired) electrons. The molecule has 0 saturated heterocycles. The van der Waals surface area contributed by atoms with E-state index in [4.69, 9.17) is 0 Å². The molecule has 1 atom stereocenters. The molecule has 3 aromatic rings. The second-order valence-electron chi connectivity index (χ2n) is 6.53. The molecule has 1 N–H and O–H groups in total. The third-order valence-corrected chi connectivity index (χ3v) is 4.57. The van der Waals surface area contributed by atoms with Gasteiger partial charge >= 0.3 is 0 Å². The molecule has 0 bridgehead atoms. The van der Waals surface area contributed by atoms with Crippen molar-refractivity contribution in [3.05, 3.63) is 72.1 Å². The summed E-state index contributed by atoms with van der Waals surface area (Å²) in [4.78, 5) is 18.1. The number of amides is 1. The molecule has 0 fully saturated rings. The van der Waals surface area contributed by atoms with Crippen LogP contribution in [0.2, 0.25) is 0 Å². The van der Waals surface area contributed by atoms with Crippen LogP contribution in [0.1, 0.15) is 24.1 Å². The van der Waals surface area contributed by atoms with Crippen LogP contribution in [-0.4, -0.2) is 39.2 Å². The Labute approximate surface area is 157 Å². The second kappa shape index (κ2) is 8.09. The fourth-order valence-electron chi connectivity index (χ4n) is 2.74. The first kappa shape index (κ1) is 18.7. The topological polar surface area (TPSA) is 63.1 Å². The molecular weight excluding hydrogens is 345 g/mol. The van der Waals surface area contributed by atoms with Gasteiger partial charge in [-0.2, -0.15) is 5.10 Å². The standard InChI is InChI=1S/C20H22FN5O/c1-14-4-7-17(10-19(14)21)24-20(27)11-25(3)15(2)16-5-8-18(9-6-16)26-13-22-12-23-26/h4-10,12-13,15H,11H2,1-3H3,(H,24,27)/t15-/m0/s1. The Morgan fingerprint density at radius 3 is 2.63 bits per heavy atom. The Bertz CT molecular complexity index is 909. The van der Waals surface area contributed by atoms with Crippen LogP contribution < -0.4 is 5.32 Å². The van der Waals surface area contributed by atoms with Gasteiger partial charge in [-0.1, -0.05) is 18.2 Å². The SMILES string of the molecule is Cc1ccc(NC(=O)CN(C)[C@@H](C)c2ccc(-n3cncn3)cc2)cc1F. The van der Waals surface area contributed by atoms with Crippen LogP contribution in [0.25, 0.3) is 5.69 Å². The summed E-state index contributed by atoms with van der Waals surface area (Å²) in [6, 6.07) is 12.6. The van der Waals surface area contributed by atoms with E-state index in [2.05, 4.69) is 15.4 Å². The minimum absolute atomic E-state index is 0.0373. The molecule has 2 aromatic carbocycles. The Hall–Kier alpha value is -3.06. The molecule has 0 aliphatic heterocycles. The number of likely N-dealkylation sites (N-methyl/N-ethyl adjacent to an activating group) is 1. The first-order chi connectivity index (χ1) is 12.9. The summed E-state index contributed by atoms with van der Waals surface area (Å²) in [5, 5.41) is 6.84. The number of rotatable bonds is 6. The van der Waals surface area contributed by atoms with Gasteiger partial charge in [0.15, 0.2) is 0 Å². The van der Waals surface area contributed by atoms with Gasteiger partial charge in [-0.3, -0.25) is 9.69 Å². The van der Waals surface area contributed by atoms with Crippen LogP contribution in [0.4, 0.5) is 10.1 Å². The summed E-state index contributed by atoms with van der Waals surface area (Å²) in [6.45, 7) is 3.91. The van der Waals surface area contributed by atoms with Gasteiger partial charge in [0.05, 0.1) is 12.2 Å². The number of aromatic nitrogens is 3. The first-order valence-corrected chi connectivity index (χ1v) is 8.65. The van der Waals surface area contributed by atoms with Crippen molar-refractivity contribution in [2.24, 2.45) is 0 Å². The molecule has 0 unspecified atom stereocenters. The lowest BCUT2D eigenvalue weighted by Gasteiger charge is -2.24. The van der Waals surface area contributed by atoms with E-state index in [9.17, 15) is 9.18 Å². The van der Waals surface area contributed by atoms with E-state index in [1.807, 2.05) is 43.1 Å². The molecule has 0 saturated carbocycles. The third kappa shape index (κ3) is 4.57. The lowest BCUT2D eigenvalue weighted by atomic mass is 10.1. The van der Waals surface area contributed by atoms with Crippen molar-refractivity contribution in [1.82, 2.24) is 19.7 Å². The van der Waals surface area contributed by atoms with Crippen molar-refractivity contribution in [3.63, 3.8) is 0 Å². The number of halogens is 1. The van der Waals surface area contributed by atoms with E-state index in [0.717, 1.165) is 11.3 Å². The lowest BCUT2D eigenvalue weighted by molar-refractivity contribution is -0.117. The van der Waals surface area contributed by atoms with Gasteiger partial charge < -0.3 is 5.32 Å². The number of nitrogens with zero attached hydrogens (tertiary/aromatic N) is 4. The average Bonchev–Trinajstić information content (AvgIpc) is 3.19. The van der Waals surface area contributed by atoms with Crippen molar-refractivity contribution in [2.75, 3.05) is 18.9 Å². The smallest absolute Gasteiger partial charge is 0.238 e. The Morgan fingerprint density at radius 2 is 2.00 bits per heavy atom. The quantitative estimate of drug-likeness (QED) is 0.726. The summed E-state index contributed by atoms with van der Waals surface area (Å²) in [5.41, 5.74) is 3.01. The van der Waals surface area contributed by atoms with Crippen LogP contribution in [0.3, 0.4) is 0 Å². The molecule has 6 nitrogen and oxygen atoms in total. The predicted molar refractivity (Wildman–Crippen MR) is 102 cm³/mol. The fourth-order valence-corrected chi connectivity index (χ4v) is 2.74. The van der Waals surface area contributed by atoms with Crippen LogP contribution in [0.15, 0.2) is 55.1 Å². The van der Waals surface area contributed by atoms with Gasteiger partial charge in [0.1, 0.15) is 18.5 Å². The van der Waals surface area contributed by atoms with Crippen LogP contribution in [0, 0.1) is 12.7 Å². The Balaban J connectivity index is 1.60. The highest BCUT2D eigenvalue weighted by Gasteiger charge is 2.15. The van der Waals surface area contributed by atoms with Crippen LogP contribution >= 0.6 is 0 Å². The van der Waals surface area contributed by atoms with Crippen LogP contribution in [0.5, 0.6) is 0 Å². The molecular formula is C20H22FN5O. The monoisotopic (exact) mass is 367 g/mol. The molecule has 0 aliphatic rings. The average molecular weight is 367 g/mol. The molecule has 1 amide bonds. The number of carbonyl (C=O) groups excluding carboxylic acids is 1. The highest BCUT2D eigenvalue weighted by molar-refractivity contribution is 5.92. The number of anilines is 1. The molecule has 0 aliphatic carbocycles. The Morgan fingerprint density at radius 1 is 1.26 bits per heavy atom. The van der Waals surface area contributed by atoms with Crippen molar-refractivity contribution in [1.29, 1.82) is 0 Å². The van der Waals surface area contributed by atoms with E-state index in [0.29, 0.717) is 11.3 Å². The minimum Gasteiger partial charge on any atom is -0.325 e. The maximum absolute atomic E-state index is 13.6. The van der Waals surface area contributed by atoms with Gasteiger partial charge in [-0.05, 0) is 56.3 Å². The second-order valence-corrected chi connectivity index (χ2v) is 6.53. The lowest BCUT2D eigenvalue weighted by Crippen LogP contribution is -2.32. The molecule has 1 aromatic heterocycles. The van der Waals surface area contributed by atoms with Crippen molar-refractivity contribution in [2.45, 2.75) is 19.9 Å². The zero-order chi connectivity index (χ0) is 19.4. The van der Waals surface area contributed by atoms with Crippen LogP contribution in [-0.2, 0) is 4.79 Å². The van der Waals surface area contributed by atoms with E-state index in [1.54, 1.807) is 30.1 Å². The minimum atomic E-state index is -0.331. The van der Waals surface area contributed by atoms with Crippen molar-refractivity contribution >= 4 is 11.6 Å². The largest absolute Gasteiger partial charge is 0.325 e. The number of benzene rings is 2. The Kier molecular flexibility index (Phi) is 5.61. The highest BCUT2D eigenvalue weighted by atomic mass is 19.1. The number of carbonyl (C=O) groups is 1. The zero-order valence-electron chi connectivity index (χ0n) is 15.6. The number of aryl methyl sites for hydroxylation is 1. The van der Waals surface area contributed by atoms with Crippen molar-refractivity contribution < 1.29 is 9.18 Å². The maximum Gasteiger partial charge on any atom is 0.238 e. The van der Waals surface area contributed by atoms with Gasteiger partial charge in [0.25, 0.3) is 0 Å². The van der Waals surface area contributed by atoms with E-state index < -0.39 is 0 Å². The maximum atomic E-state index is 13.6. The normalized spacial score (nSPS) is 12.2. The third-order valence-electron chi connectivity index (χ3n) is 4.57. The molecule has 0 spiro atoms. The van der Waals surface area contributed by atoms with Gasteiger partial charge in [-0.25, -0.2) is 14.1 Å². The number of hydrogen-bond acceptors (Lipinski definition) is 4. The van der Waals surface area contributed by atoms with Gasteiger partial charge in [0, 0.05) is 11.7 Å². The van der Waals surface area contributed by atoms with Crippen molar-refractivity contribution in [3.8, 4) is 5.69 Å². The van der Waals surface area contributed by atoms with E-state index in [1.165, 1.54) is 12.4 Å². The zero-order valence-corrected chi connectivity index (χ0v) is 15.6. The summed E-state index contributed by atoms with van der Waals surface area (Å²) in [6.07, 6.45) is 3.13. The highest BCUT2D eigenvalue weighted by Crippen LogP contribution is 2.20. The fraction of sp³-hybridized carbons (Fsp3) is 0.250. The first-order valence-electron chi connectivity index (χ1n) is 8.65.